The number of rotatable bonds is 5. The Hall–Kier alpha value is -3.48. The van der Waals surface area contributed by atoms with E-state index in [1.807, 2.05) is 61.2 Å². The third-order valence-electron chi connectivity index (χ3n) is 5.38. The molecule has 1 aromatic heterocycles. The molecule has 1 aliphatic heterocycles. The fourth-order valence-corrected chi connectivity index (χ4v) is 3.70. The van der Waals surface area contributed by atoms with E-state index in [-0.39, 0.29) is 5.78 Å². The normalized spacial score (nSPS) is 16.0. The third-order valence-corrected chi connectivity index (χ3v) is 5.38. The second kappa shape index (κ2) is 6.84. The molecule has 4 rings (SSSR count). The molecule has 29 heavy (non-hydrogen) atoms. The fraction of sp³-hybridized carbons (Fsp3) is 0.273. The summed E-state index contributed by atoms with van der Waals surface area (Å²) in [4.78, 5) is 23.0. The highest BCUT2D eigenvalue weighted by molar-refractivity contribution is 6.27. The molecule has 7 nitrogen and oxygen atoms in total. The van der Waals surface area contributed by atoms with Crippen molar-refractivity contribution in [3.05, 3.63) is 59.7 Å². The van der Waals surface area contributed by atoms with Crippen molar-refractivity contribution in [2.24, 2.45) is 5.73 Å². The van der Waals surface area contributed by atoms with Crippen molar-refractivity contribution in [2.45, 2.75) is 25.9 Å². The quantitative estimate of drug-likeness (QED) is 0.693. The van der Waals surface area contributed by atoms with Crippen LogP contribution in [0.15, 0.2) is 48.3 Å². The summed E-state index contributed by atoms with van der Waals surface area (Å²) in [6.45, 7) is 4.17. The van der Waals surface area contributed by atoms with Crippen LogP contribution in [0, 0.1) is 0 Å². The number of hydrogen-bond acceptors (Lipinski definition) is 6. The molecule has 0 atom stereocenters. The minimum absolute atomic E-state index is 0.0658. The molecule has 2 aromatic carbocycles. The Morgan fingerprint density at radius 3 is 2.38 bits per heavy atom. The summed E-state index contributed by atoms with van der Waals surface area (Å²) >= 11 is 0. The number of nitrogens with zero attached hydrogens (tertiary/aromatic N) is 2. The lowest BCUT2D eigenvalue weighted by Gasteiger charge is -2.33. The molecule has 0 aliphatic carbocycles. The van der Waals surface area contributed by atoms with Crippen LogP contribution in [0.4, 0.5) is 0 Å². The molecule has 7 heteroatoms. The maximum Gasteiger partial charge on any atom is 0.195 e. The Bertz CT molecular complexity index is 1070. The summed E-state index contributed by atoms with van der Waals surface area (Å²) in [7, 11) is 3.21. The first-order valence-corrected chi connectivity index (χ1v) is 9.34. The molecule has 2 heterocycles. The lowest BCUT2D eigenvalue weighted by molar-refractivity contribution is -0.120. The van der Waals surface area contributed by atoms with Crippen molar-refractivity contribution in [1.82, 2.24) is 14.9 Å². The number of ketones is 1. The number of carbonyl (C=O) groups is 1. The SMILES string of the molecule is COc1cc(CN2C(N)=C(c3nc4ccccc4[nH]3)C(=O)C2(C)C)cc(OC)c1. The predicted molar refractivity (Wildman–Crippen MR) is 111 cm³/mol. The van der Waals surface area contributed by atoms with Gasteiger partial charge in [0.1, 0.15) is 28.7 Å². The molecule has 0 unspecified atom stereocenters. The van der Waals surface area contributed by atoms with Gasteiger partial charge in [-0.3, -0.25) is 4.79 Å². The van der Waals surface area contributed by atoms with Crippen molar-refractivity contribution < 1.29 is 14.3 Å². The molecule has 0 spiro atoms. The maximum atomic E-state index is 13.3. The van der Waals surface area contributed by atoms with Crippen molar-refractivity contribution in [2.75, 3.05) is 14.2 Å². The van der Waals surface area contributed by atoms with E-state index < -0.39 is 5.54 Å². The summed E-state index contributed by atoms with van der Waals surface area (Å²) < 4.78 is 10.7. The highest BCUT2D eigenvalue weighted by Crippen LogP contribution is 2.38. The first kappa shape index (κ1) is 18.9. The number of H-pyrrole nitrogens is 1. The minimum atomic E-state index is -0.811. The summed E-state index contributed by atoms with van der Waals surface area (Å²) in [6.07, 6.45) is 0. The summed E-state index contributed by atoms with van der Waals surface area (Å²) in [5, 5.41) is 0. The van der Waals surface area contributed by atoms with Gasteiger partial charge >= 0.3 is 0 Å². The molecule has 0 amide bonds. The monoisotopic (exact) mass is 392 g/mol. The van der Waals surface area contributed by atoms with E-state index in [9.17, 15) is 4.79 Å². The van der Waals surface area contributed by atoms with Crippen LogP contribution in [-0.4, -0.2) is 40.4 Å². The van der Waals surface area contributed by atoms with Crippen LogP contribution in [0.3, 0.4) is 0 Å². The number of ether oxygens (including phenoxy) is 2. The lowest BCUT2D eigenvalue weighted by Crippen LogP contribution is -2.44. The van der Waals surface area contributed by atoms with Crippen LogP contribution < -0.4 is 15.2 Å². The molecule has 0 saturated carbocycles. The van der Waals surface area contributed by atoms with E-state index in [1.54, 1.807) is 14.2 Å². The zero-order valence-corrected chi connectivity index (χ0v) is 16.9. The van der Waals surface area contributed by atoms with Gasteiger partial charge in [0.15, 0.2) is 5.78 Å². The van der Waals surface area contributed by atoms with Gasteiger partial charge in [0.25, 0.3) is 0 Å². The fourth-order valence-electron chi connectivity index (χ4n) is 3.70. The van der Waals surface area contributed by atoms with Crippen LogP contribution >= 0.6 is 0 Å². The number of nitrogens with two attached hydrogens (primary N) is 1. The van der Waals surface area contributed by atoms with Gasteiger partial charge in [-0.05, 0) is 43.7 Å². The minimum Gasteiger partial charge on any atom is -0.497 e. The Balaban J connectivity index is 1.76. The van der Waals surface area contributed by atoms with E-state index >= 15 is 0 Å². The molecule has 0 bridgehead atoms. The number of Topliss-reactive ketones (excluding diaryl/α,β-unsaturated/α-hetero) is 1. The highest BCUT2D eigenvalue weighted by Gasteiger charge is 2.46. The second-order valence-corrected chi connectivity index (χ2v) is 7.56. The molecule has 1 aliphatic rings. The van der Waals surface area contributed by atoms with Crippen molar-refractivity contribution in [3.8, 4) is 11.5 Å². The van der Waals surface area contributed by atoms with Gasteiger partial charge in [-0.25, -0.2) is 4.98 Å². The van der Waals surface area contributed by atoms with Crippen molar-refractivity contribution >= 4 is 22.4 Å². The standard InChI is InChI=1S/C22H24N4O3/c1-22(2)19(27)18(21-24-16-7-5-6-8-17(16)25-21)20(23)26(22)12-13-9-14(28-3)11-15(10-13)29-4/h5-11H,12,23H2,1-4H3,(H,24,25). The highest BCUT2D eigenvalue weighted by atomic mass is 16.5. The average molecular weight is 392 g/mol. The molecule has 3 aromatic rings. The number of methoxy groups -OCH3 is 2. The number of aromatic amines is 1. The maximum absolute atomic E-state index is 13.3. The van der Waals surface area contributed by atoms with Gasteiger partial charge in [-0.1, -0.05) is 12.1 Å². The largest absolute Gasteiger partial charge is 0.497 e. The topological polar surface area (TPSA) is 93.5 Å². The summed E-state index contributed by atoms with van der Waals surface area (Å²) in [5.74, 6) is 2.20. The van der Waals surface area contributed by atoms with Gasteiger partial charge in [0, 0.05) is 12.6 Å². The first-order chi connectivity index (χ1) is 13.8. The second-order valence-electron chi connectivity index (χ2n) is 7.56. The van der Waals surface area contributed by atoms with E-state index in [2.05, 4.69) is 9.97 Å². The number of benzene rings is 2. The zero-order chi connectivity index (χ0) is 20.8. The zero-order valence-electron chi connectivity index (χ0n) is 16.9. The molecular weight excluding hydrogens is 368 g/mol. The molecular formula is C22H24N4O3. The lowest BCUT2D eigenvalue weighted by atomic mass is 9.95. The molecule has 0 saturated heterocycles. The van der Waals surface area contributed by atoms with Gasteiger partial charge in [0.2, 0.25) is 0 Å². The Labute approximate surface area is 169 Å². The van der Waals surface area contributed by atoms with E-state index in [0.717, 1.165) is 16.6 Å². The summed E-state index contributed by atoms with van der Waals surface area (Å²) in [5.41, 5.74) is 8.69. The van der Waals surface area contributed by atoms with Crippen LogP contribution in [-0.2, 0) is 11.3 Å². The van der Waals surface area contributed by atoms with E-state index in [0.29, 0.717) is 35.3 Å². The Morgan fingerprint density at radius 1 is 1.10 bits per heavy atom. The van der Waals surface area contributed by atoms with E-state index in [1.165, 1.54) is 0 Å². The smallest absolute Gasteiger partial charge is 0.195 e. The molecule has 0 radical (unpaired) electrons. The van der Waals surface area contributed by atoms with Gasteiger partial charge in [0.05, 0.1) is 30.8 Å². The summed E-state index contributed by atoms with van der Waals surface area (Å²) in [6, 6.07) is 13.3. The van der Waals surface area contributed by atoms with E-state index in [4.69, 9.17) is 15.2 Å². The van der Waals surface area contributed by atoms with Crippen LogP contribution in [0.1, 0.15) is 25.2 Å². The molecule has 0 fully saturated rings. The number of imidazole rings is 1. The number of fused-ring (bicyclic) bond motifs is 1. The predicted octanol–water partition coefficient (Wildman–Crippen LogP) is 3.07. The van der Waals surface area contributed by atoms with Crippen LogP contribution in [0.2, 0.25) is 0 Å². The van der Waals surface area contributed by atoms with Crippen molar-refractivity contribution in [3.63, 3.8) is 0 Å². The number of hydrogen-bond donors (Lipinski definition) is 2. The Kier molecular flexibility index (Phi) is 4.45. The van der Waals surface area contributed by atoms with Crippen LogP contribution in [0.5, 0.6) is 11.5 Å². The number of carbonyl (C=O) groups excluding carboxylic acids is 1. The Morgan fingerprint density at radius 2 is 1.76 bits per heavy atom. The third kappa shape index (κ3) is 3.08. The van der Waals surface area contributed by atoms with Gasteiger partial charge < -0.3 is 25.1 Å². The average Bonchev–Trinajstić information content (AvgIpc) is 3.20. The molecule has 150 valence electrons. The van der Waals surface area contributed by atoms with Crippen molar-refractivity contribution in [1.29, 1.82) is 0 Å². The van der Waals surface area contributed by atoms with Gasteiger partial charge in [-0.15, -0.1) is 0 Å². The number of aromatic nitrogens is 2. The number of para-hydroxylation sites is 2. The number of nitrogens with one attached hydrogen (secondary N) is 1. The van der Waals surface area contributed by atoms with Crippen LogP contribution in [0.25, 0.3) is 16.6 Å². The molecule has 3 N–H and O–H groups in total. The van der Waals surface area contributed by atoms with Gasteiger partial charge in [-0.2, -0.15) is 0 Å². The first-order valence-electron chi connectivity index (χ1n) is 9.34.